The molecule has 6 nitrogen and oxygen atoms in total. The van der Waals surface area contributed by atoms with Crippen LogP contribution in [0.5, 0.6) is 5.75 Å². The number of methoxy groups -OCH3 is 1. The molecule has 0 bridgehead atoms. The first-order valence-corrected chi connectivity index (χ1v) is 22.7. The van der Waals surface area contributed by atoms with Crippen molar-refractivity contribution in [2.75, 3.05) is 20.3 Å². The summed E-state index contributed by atoms with van der Waals surface area (Å²) in [6, 6.07) is 8.11. The van der Waals surface area contributed by atoms with Gasteiger partial charge < -0.3 is 28.2 Å². The molecular formula is C37H66O6Si2. The normalized spacial score (nSPS) is 23.3. The largest absolute Gasteiger partial charge is 0.497 e. The van der Waals surface area contributed by atoms with Gasteiger partial charge in [0, 0.05) is 24.7 Å². The van der Waals surface area contributed by atoms with E-state index in [1.807, 2.05) is 18.2 Å². The van der Waals surface area contributed by atoms with Crippen molar-refractivity contribution < 1.29 is 28.2 Å². The predicted molar refractivity (Wildman–Crippen MR) is 193 cm³/mol. The molecular weight excluding hydrogens is 597 g/mol. The van der Waals surface area contributed by atoms with Gasteiger partial charge in [-0.3, -0.25) is 0 Å². The fourth-order valence-corrected chi connectivity index (χ4v) is 7.80. The van der Waals surface area contributed by atoms with Crippen LogP contribution in [0, 0.1) is 17.8 Å². The third-order valence-electron chi connectivity index (χ3n) is 10.2. The molecule has 1 heterocycles. The number of ether oxygens (including phenoxy) is 3. The first-order chi connectivity index (χ1) is 20.7. The van der Waals surface area contributed by atoms with Crippen molar-refractivity contribution in [1.82, 2.24) is 0 Å². The second-order valence-corrected chi connectivity index (χ2v) is 25.7. The molecule has 0 spiro atoms. The highest BCUT2D eigenvalue weighted by molar-refractivity contribution is 6.74. The third kappa shape index (κ3) is 12.0. The lowest BCUT2D eigenvalue weighted by Crippen LogP contribution is -2.48. The molecule has 1 N–H and O–H groups in total. The van der Waals surface area contributed by atoms with E-state index in [0.717, 1.165) is 17.7 Å². The minimum absolute atomic E-state index is 0.0290. The molecule has 1 saturated heterocycles. The summed E-state index contributed by atoms with van der Waals surface area (Å²) in [5.74, 6) is 1.44. The van der Waals surface area contributed by atoms with Gasteiger partial charge in [0.25, 0.3) is 0 Å². The highest BCUT2D eigenvalue weighted by Crippen LogP contribution is 2.41. The molecule has 1 aromatic carbocycles. The fraction of sp³-hybridized carbons (Fsp3) is 0.730. The molecule has 45 heavy (non-hydrogen) atoms. The summed E-state index contributed by atoms with van der Waals surface area (Å²) < 4.78 is 32.2. The minimum Gasteiger partial charge on any atom is -0.497 e. The second kappa shape index (κ2) is 16.7. The van der Waals surface area contributed by atoms with E-state index in [2.05, 4.69) is 119 Å². The van der Waals surface area contributed by atoms with E-state index in [1.54, 1.807) is 7.11 Å². The Bertz CT molecular complexity index is 1070. The van der Waals surface area contributed by atoms with Crippen molar-refractivity contribution in [3.63, 3.8) is 0 Å². The first kappa shape index (κ1) is 39.9. The lowest BCUT2D eigenvalue weighted by molar-refractivity contribution is -0.239. The average Bonchev–Trinajstić information content (AvgIpc) is 2.94. The zero-order valence-corrected chi connectivity index (χ0v) is 33.0. The lowest BCUT2D eigenvalue weighted by Gasteiger charge is -2.43. The van der Waals surface area contributed by atoms with Crippen LogP contribution in [0.1, 0.15) is 74.3 Å². The van der Waals surface area contributed by atoms with Gasteiger partial charge in [-0.2, -0.15) is 0 Å². The van der Waals surface area contributed by atoms with E-state index in [1.165, 1.54) is 0 Å². The molecule has 8 heteroatoms. The number of aliphatic hydroxyl groups is 1. The Morgan fingerprint density at radius 1 is 0.911 bits per heavy atom. The number of hydrogen-bond donors (Lipinski definition) is 1. The second-order valence-electron chi connectivity index (χ2n) is 16.2. The van der Waals surface area contributed by atoms with Crippen molar-refractivity contribution >= 4 is 16.6 Å². The van der Waals surface area contributed by atoms with Gasteiger partial charge in [-0.05, 0) is 59.9 Å². The van der Waals surface area contributed by atoms with Gasteiger partial charge in [-0.1, -0.05) is 98.8 Å². The molecule has 258 valence electrons. The number of aliphatic hydroxyl groups excluding tert-OH is 1. The maximum atomic E-state index is 9.52. The van der Waals surface area contributed by atoms with Crippen LogP contribution in [0.4, 0.5) is 0 Å². The van der Waals surface area contributed by atoms with Crippen molar-refractivity contribution in [2.45, 2.75) is 136 Å². The Morgan fingerprint density at radius 3 is 2.02 bits per heavy atom. The Labute approximate surface area is 278 Å². The van der Waals surface area contributed by atoms with Crippen LogP contribution in [-0.2, 0) is 24.7 Å². The van der Waals surface area contributed by atoms with Crippen LogP contribution in [-0.4, -0.2) is 66.7 Å². The van der Waals surface area contributed by atoms with Gasteiger partial charge in [-0.25, -0.2) is 0 Å². The Morgan fingerprint density at radius 2 is 1.49 bits per heavy atom. The topological polar surface area (TPSA) is 66.4 Å². The monoisotopic (exact) mass is 662 g/mol. The Hall–Kier alpha value is -1.27. The first-order valence-electron chi connectivity index (χ1n) is 16.9. The van der Waals surface area contributed by atoms with Crippen LogP contribution in [0.15, 0.2) is 48.6 Å². The summed E-state index contributed by atoms with van der Waals surface area (Å²) in [7, 11) is -2.47. The zero-order chi connectivity index (χ0) is 34.2. The molecule has 0 aromatic heterocycles. The van der Waals surface area contributed by atoms with Gasteiger partial charge in [0.2, 0.25) is 0 Å². The van der Waals surface area contributed by atoms with E-state index < -0.39 is 16.6 Å². The fourth-order valence-electron chi connectivity index (χ4n) is 5.09. The quantitative estimate of drug-likeness (QED) is 0.149. The molecule has 0 aliphatic carbocycles. The highest BCUT2D eigenvalue weighted by atomic mass is 28.4. The van der Waals surface area contributed by atoms with E-state index in [4.69, 9.17) is 23.1 Å². The predicted octanol–water partition coefficient (Wildman–Crippen LogP) is 9.16. The van der Waals surface area contributed by atoms with Crippen molar-refractivity contribution in [3.8, 4) is 5.75 Å². The van der Waals surface area contributed by atoms with Crippen molar-refractivity contribution in [3.05, 3.63) is 54.1 Å². The van der Waals surface area contributed by atoms with Crippen LogP contribution in [0.25, 0.3) is 0 Å². The van der Waals surface area contributed by atoms with E-state index >= 15 is 0 Å². The standard InChI is InChI=1S/C37H66O6Si2/c1-27(16-15-23-38)33(43-45(13,14)37(7,8)9)25-32(42-44(11,12)36(4,5)6)20-17-28(2)35-29(3)26-40-34(41-35)24-30-18-21-31(39-10)22-19-30/h15-22,27-29,32-35,38H,23-26H2,1-14H3/t27-,28+,29+,32-,33+,34?,35?/m1/s1. The highest BCUT2D eigenvalue weighted by Gasteiger charge is 2.43. The van der Waals surface area contributed by atoms with Gasteiger partial charge in [-0.15, -0.1) is 0 Å². The summed E-state index contributed by atoms with van der Waals surface area (Å²) in [5.41, 5.74) is 1.16. The number of rotatable bonds is 15. The average molecular weight is 663 g/mol. The molecule has 0 amide bonds. The van der Waals surface area contributed by atoms with E-state index in [-0.39, 0.29) is 59.0 Å². The Balaban J connectivity index is 2.32. The van der Waals surface area contributed by atoms with Gasteiger partial charge in [0.15, 0.2) is 22.9 Å². The molecule has 1 aliphatic rings. The van der Waals surface area contributed by atoms with Gasteiger partial charge in [0.1, 0.15) is 5.75 Å². The summed E-state index contributed by atoms with van der Waals surface area (Å²) in [6.45, 7) is 30.4. The third-order valence-corrected chi connectivity index (χ3v) is 19.2. The van der Waals surface area contributed by atoms with Crippen LogP contribution in [0.3, 0.4) is 0 Å². The van der Waals surface area contributed by atoms with Crippen molar-refractivity contribution in [1.29, 1.82) is 0 Å². The summed E-state index contributed by atoms with van der Waals surface area (Å²) in [6.07, 6.45) is 9.58. The van der Waals surface area contributed by atoms with Crippen molar-refractivity contribution in [2.24, 2.45) is 17.8 Å². The lowest BCUT2D eigenvalue weighted by atomic mass is 9.91. The molecule has 1 aromatic rings. The van der Waals surface area contributed by atoms with Crippen LogP contribution in [0.2, 0.25) is 36.3 Å². The van der Waals surface area contributed by atoms with Crippen LogP contribution >= 0.6 is 0 Å². The number of hydrogen-bond acceptors (Lipinski definition) is 6. The van der Waals surface area contributed by atoms with Crippen LogP contribution < -0.4 is 4.74 Å². The molecule has 7 atom stereocenters. The summed E-state index contributed by atoms with van der Waals surface area (Å²) >= 11 is 0. The molecule has 1 fully saturated rings. The molecule has 1 aliphatic heterocycles. The molecule has 2 unspecified atom stereocenters. The zero-order valence-electron chi connectivity index (χ0n) is 31.0. The number of benzene rings is 1. The summed E-state index contributed by atoms with van der Waals surface area (Å²) in [5, 5.41) is 9.69. The minimum atomic E-state index is -2.09. The van der Waals surface area contributed by atoms with E-state index in [0.29, 0.717) is 13.0 Å². The molecule has 2 rings (SSSR count). The van der Waals surface area contributed by atoms with E-state index in [9.17, 15) is 5.11 Å². The summed E-state index contributed by atoms with van der Waals surface area (Å²) in [4.78, 5) is 0. The Kier molecular flexibility index (Phi) is 14.8. The van der Waals surface area contributed by atoms with Gasteiger partial charge >= 0.3 is 0 Å². The van der Waals surface area contributed by atoms with Gasteiger partial charge in [0.05, 0.1) is 38.6 Å². The SMILES string of the molecule is COc1ccc(CC2OC[C@H](C)C([C@@H](C)C=C[C@H](C[C@H](O[Si](C)(C)C(C)(C)C)[C@H](C)C=CCO)O[Si](C)(C)C(C)(C)C)O2)cc1. The smallest absolute Gasteiger partial charge is 0.192 e. The maximum Gasteiger partial charge on any atom is 0.192 e. The maximum absolute atomic E-state index is 9.52. The molecule has 0 saturated carbocycles. The molecule has 0 radical (unpaired) electrons.